The van der Waals surface area contributed by atoms with Crippen LogP contribution in [0.25, 0.3) is 0 Å². The molecule has 1 atom stereocenters. The standard InChI is InChI=1S/C30H32Cl2FN3O6S/c1-3-4-13-34-30(38)20(2)35(18-21-5-11-25(31)26(32)16-21)29(37)19-36(23-8-6-22(33)7-9-23)43(39,40)24-10-12-27-28(17-24)42-15-14-41-27/h5-12,16-17,20H,3-4,13-15,18-19H2,1-2H3,(H,34,38)/t20-/m0/s1. The van der Waals surface area contributed by atoms with Crippen LogP contribution in [0.1, 0.15) is 32.3 Å². The zero-order valence-corrected chi connectivity index (χ0v) is 26.0. The van der Waals surface area contributed by atoms with Crippen molar-refractivity contribution in [2.45, 2.75) is 44.2 Å². The molecule has 0 aliphatic carbocycles. The number of halogens is 3. The summed E-state index contributed by atoms with van der Waals surface area (Å²) in [4.78, 5) is 28.2. The third-order valence-corrected chi connectivity index (χ3v) is 9.34. The van der Waals surface area contributed by atoms with Crippen LogP contribution < -0.4 is 19.1 Å². The fraction of sp³-hybridized carbons (Fsp3) is 0.333. The molecule has 0 fully saturated rings. The molecule has 0 saturated heterocycles. The fourth-order valence-corrected chi connectivity index (χ4v) is 6.15. The smallest absolute Gasteiger partial charge is 0.264 e. The second kappa shape index (κ2) is 14.3. The zero-order valence-electron chi connectivity index (χ0n) is 23.7. The first kappa shape index (κ1) is 32.4. The second-order valence-electron chi connectivity index (χ2n) is 9.88. The van der Waals surface area contributed by atoms with E-state index < -0.39 is 40.2 Å². The number of hydrogen-bond acceptors (Lipinski definition) is 6. The van der Waals surface area contributed by atoms with Crippen molar-refractivity contribution in [2.75, 3.05) is 30.6 Å². The molecule has 0 aromatic heterocycles. The Morgan fingerprint density at radius 2 is 1.67 bits per heavy atom. The molecule has 0 bridgehead atoms. The van der Waals surface area contributed by atoms with Crippen molar-refractivity contribution >= 4 is 50.7 Å². The second-order valence-corrected chi connectivity index (χ2v) is 12.6. The summed E-state index contributed by atoms with van der Waals surface area (Å²) < 4.78 is 53.9. The van der Waals surface area contributed by atoms with E-state index in [1.165, 1.54) is 35.2 Å². The number of rotatable bonds is 12. The van der Waals surface area contributed by atoms with Crippen molar-refractivity contribution in [3.8, 4) is 11.5 Å². The molecule has 1 aliphatic rings. The first-order chi connectivity index (χ1) is 20.5. The van der Waals surface area contributed by atoms with E-state index in [0.717, 1.165) is 29.3 Å². The van der Waals surface area contributed by atoms with Gasteiger partial charge in [-0.05, 0) is 67.4 Å². The Balaban J connectivity index is 1.71. The van der Waals surface area contributed by atoms with Gasteiger partial charge in [0.25, 0.3) is 10.0 Å². The summed E-state index contributed by atoms with van der Waals surface area (Å²) in [7, 11) is -4.39. The SMILES string of the molecule is CCCCNC(=O)[C@H](C)N(Cc1ccc(Cl)c(Cl)c1)C(=O)CN(c1ccc(F)cc1)S(=O)(=O)c1ccc2c(c1)OCCO2. The molecule has 9 nitrogen and oxygen atoms in total. The van der Waals surface area contributed by atoms with E-state index >= 15 is 0 Å². The minimum Gasteiger partial charge on any atom is -0.486 e. The molecule has 3 aromatic rings. The number of carbonyl (C=O) groups is 2. The van der Waals surface area contributed by atoms with E-state index in [2.05, 4.69) is 5.32 Å². The average molecular weight is 653 g/mol. The molecule has 1 heterocycles. The molecule has 1 N–H and O–H groups in total. The van der Waals surface area contributed by atoms with Crippen LogP contribution in [-0.2, 0) is 26.2 Å². The van der Waals surface area contributed by atoms with Crippen LogP contribution in [0.2, 0.25) is 10.0 Å². The molecule has 4 rings (SSSR count). The summed E-state index contributed by atoms with van der Waals surface area (Å²) in [5.74, 6) is -1.01. The summed E-state index contributed by atoms with van der Waals surface area (Å²) in [6.45, 7) is 3.81. The summed E-state index contributed by atoms with van der Waals surface area (Å²) in [5.41, 5.74) is 0.637. The lowest BCUT2D eigenvalue weighted by Gasteiger charge is -2.32. The Hall–Kier alpha value is -3.54. The molecule has 2 amide bonds. The minimum absolute atomic E-state index is 0.0548. The number of nitrogens with one attached hydrogen (secondary N) is 1. The van der Waals surface area contributed by atoms with Gasteiger partial charge in [-0.3, -0.25) is 13.9 Å². The number of carbonyl (C=O) groups excluding carboxylic acids is 2. The summed E-state index contributed by atoms with van der Waals surface area (Å²) in [6.07, 6.45) is 1.62. The number of nitrogens with zero attached hydrogens (tertiary/aromatic N) is 2. The lowest BCUT2D eigenvalue weighted by Crippen LogP contribution is -2.51. The largest absolute Gasteiger partial charge is 0.486 e. The predicted molar refractivity (Wildman–Crippen MR) is 163 cm³/mol. The van der Waals surface area contributed by atoms with Gasteiger partial charge < -0.3 is 19.7 Å². The number of benzene rings is 3. The first-order valence-electron chi connectivity index (χ1n) is 13.7. The van der Waals surface area contributed by atoms with E-state index in [1.54, 1.807) is 25.1 Å². The Bertz CT molecular complexity index is 1570. The third-order valence-electron chi connectivity index (χ3n) is 6.83. The van der Waals surface area contributed by atoms with Crippen molar-refractivity contribution in [3.63, 3.8) is 0 Å². The van der Waals surface area contributed by atoms with Crippen molar-refractivity contribution in [1.29, 1.82) is 0 Å². The number of fused-ring (bicyclic) bond motifs is 1. The van der Waals surface area contributed by atoms with Gasteiger partial charge in [-0.2, -0.15) is 0 Å². The highest BCUT2D eigenvalue weighted by Gasteiger charge is 2.33. The van der Waals surface area contributed by atoms with Crippen LogP contribution in [0.5, 0.6) is 11.5 Å². The van der Waals surface area contributed by atoms with Crippen molar-refractivity contribution in [1.82, 2.24) is 10.2 Å². The van der Waals surface area contributed by atoms with Gasteiger partial charge in [0, 0.05) is 19.2 Å². The van der Waals surface area contributed by atoms with Gasteiger partial charge in [0.05, 0.1) is 20.6 Å². The number of hydrogen-bond donors (Lipinski definition) is 1. The normalized spacial score (nSPS) is 13.2. The topological polar surface area (TPSA) is 105 Å². The molecule has 230 valence electrons. The Labute approximate surface area is 260 Å². The molecule has 1 aliphatic heterocycles. The summed E-state index contributed by atoms with van der Waals surface area (Å²) >= 11 is 12.3. The number of anilines is 1. The van der Waals surface area contributed by atoms with Crippen LogP contribution in [0, 0.1) is 5.82 Å². The first-order valence-corrected chi connectivity index (χ1v) is 15.9. The Kier molecular flexibility index (Phi) is 10.8. The molecule has 43 heavy (non-hydrogen) atoms. The van der Waals surface area contributed by atoms with Crippen LogP contribution in [0.4, 0.5) is 10.1 Å². The fourth-order valence-electron chi connectivity index (χ4n) is 4.40. The monoisotopic (exact) mass is 651 g/mol. The van der Waals surface area contributed by atoms with Crippen molar-refractivity contribution in [3.05, 3.63) is 82.1 Å². The highest BCUT2D eigenvalue weighted by Crippen LogP contribution is 2.34. The van der Waals surface area contributed by atoms with Gasteiger partial charge in [-0.1, -0.05) is 42.6 Å². The van der Waals surface area contributed by atoms with Crippen LogP contribution in [0.15, 0.2) is 65.6 Å². The molecule has 0 radical (unpaired) electrons. The molecule has 0 unspecified atom stereocenters. The zero-order chi connectivity index (χ0) is 31.1. The average Bonchev–Trinajstić information content (AvgIpc) is 3.00. The Morgan fingerprint density at radius 1 is 0.977 bits per heavy atom. The van der Waals surface area contributed by atoms with Gasteiger partial charge in [-0.15, -0.1) is 0 Å². The maximum Gasteiger partial charge on any atom is 0.264 e. The molecular formula is C30H32Cl2FN3O6S. The lowest BCUT2D eigenvalue weighted by molar-refractivity contribution is -0.139. The van der Waals surface area contributed by atoms with E-state index in [9.17, 15) is 22.4 Å². The van der Waals surface area contributed by atoms with E-state index in [1.807, 2.05) is 6.92 Å². The molecule has 3 aromatic carbocycles. The van der Waals surface area contributed by atoms with Gasteiger partial charge in [0.2, 0.25) is 11.8 Å². The molecule has 13 heteroatoms. The van der Waals surface area contributed by atoms with Crippen molar-refractivity contribution < 1.29 is 31.9 Å². The molecule has 0 spiro atoms. The van der Waals surface area contributed by atoms with Gasteiger partial charge in [0.15, 0.2) is 11.5 Å². The Morgan fingerprint density at radius 3 is 2.35 bits per heavy atom. The van der Waals surface area contributed by atoms with E-state index in [0.29, 0.717) is 29.5 Å². The van der Waals surface area contributed by atoms with Gasteiger partial charge in [0.1, 0.15) is 31.6 Å². The lowest BCUT2D eigenvalue weighted by atomic mass is 10.1. The van der Waals surface area contributed by atoms with E-state index in [-0.39, 0.29) is 34.5 Å². The number of sulfonamides is 1. The number of amides is 2. The van der Waals surface area contributed by atoms with Crippen LogP contribution >= 0.6 is 23.2 Å². The highest BCUT2D eigenvalue weighted by atomic mass is 35.5. The highest BCUT2D eigenvalue weighted by molar-refractivity contribution is 7.92. The third kappa shape index (κ3) is 7.90. The van der Waals surface area contributed by atoms with E-state index in [4.69, 9.17) is 32.7 Å². The molecule has 0 saturated carbocycles. The number of ether oxygens (including phenoxy) is 2. The summed E-state index contributed by atoms with van der Waals surface area (Å²) in [6, 6.07) is 12.7. The van der Waals surface area contributed by atoms with Crippen LogP contribution in [-0.4, -0.2) is 57.5 Å². The van der Waals surface area contributed by atoms with Crippen LogP contribution in [0.3, 0.4) is 0 Å². The maximum atomic E-state index is 14.0. The molecular weight excluding hydrogens is 620 g/mol. The maximum absolute atomic E-state index is 14.0. The minimum atomic E-state index is -4.39. The van der Waals surface area contributed by atoms with Gasteiger partial charge >= 0.3 is 0 Å². The quantitative estimate of drug-likeness (QED) is 0.262. The number of unbranched alkanes of at least 4 members (excludes halogenated alkanes) is 1. The van der Waals surface area contributed by atoms with Crippen molar-refractivity contribution in [2.24, 2.45) is 0 Å². The van der Waals surface area contributed by atoms with Gasteiger partial charge in [-0.25, -0.2) is 12.8 Å². The predicted octanol–water partition coefficient (Wildman–Crippen LogP) is 5.43. The summed E-state index contributed by atoms with van der Waals surface area (Å²) in [5, 5.41) is 3.41.